The fourth-order valence-corrected chi connectivity index (χ4v) is 2.35. The van der Waals surface area contributed by atoms with Gasteiger partial charge in [0.25, 0.3) is 0 Å². The van der Waals surface area contributed by atoms with E-state index in [9.17, 15) is 9.90 Å². The minimum atomic E-state index is -1.06. The lowest BCUT2D eigenvalue weighted by Gasteiger charge is -2.38. The summed E-state index contributed by atoms with van der Waals surface area (Å²) in [6.07, 6.45) is 1.06. The van der Waals surface area contributed by atoms with Crippen LogP contribution in [0.15, 0.2) is 30.3 Å². The molecule has 1 aromatic carbocycles. The molecular weight excluding hydrogens is 204 g/mol. The minimum absolute atomic E-state index is 0.292. The first kappa shape index (κ1) is 11.1. The predicted molar refractivity (Wildman–Crippen MR) is 59.7 cm³/mol. The van der Waals surface area contributed by atoms with Gasteiger partial charge < -0.3 is 9.84 Å². The van der Waals surface area contributed by atoms with Crippen molar-refractivity contribution >= 4 is 5.97 Å². The van der Waals surface area contributed by atoms with E-state index in [1.165, 1.54) is 0 Å². The highest BCUT2D eigenvalue weighted by Gasteiger charge is 2.45. The van der Waals surface area contributed by atoms with Gasteiger partial charge >= 0.3 is 5.97 Å². The largest absolute Gasteiger partial charge is 0.465 e. The Morgan fingerprint density at radius 1 is 1.44 bits per heavy atom. The Kier molecular flexibility index (Phi) is 2.97. The molecule has 3 heteroatoms. The molecule has 1 aromatic rings. The molecule has 1 aliphatic heterocycles. The summed E-state index contributed by atoms with van der Waals surface area (Å²) in [7, 11) is 0. The highest BCUT2D eigenvalue weighted by Crippen LogP contribution is 2.38. The molecule has 2 atom stereocenters. The summed E-state index contributed by atoms with van der Waals surface area (Å²) >= 11 is 0. The van der Waals surface area contributed by atoms with Crippen LogP contribution < -0.4 is 0 Å². The van der Waals surface area contributed by atoms with Gasteiger partial charge in [0, 0.05) is 6.42 Å². The van der Waals surface area contributed by atoms with Crippen LogP contribution in [0.5, 0.6) is 0 Å². The van der Waals surface area contributed by atoms with Crippen LogP contribution in [0, 0.1) is 5.92 Å². The first-order chi connectivity index (χ1) is 7.68. The van der Waals surface area contributed by atoms with Crippen molar-refractivity contribution in [1.29, 1.82) is 0 Å². The minimum Gasteiger partial charge on any atom is -0.465 e. The van der Waals surface area contributed by atoms with E-state index in [0.717, 1.165) is 5.56 Å². The third-order valence-electron chi connectivity index (χ3n) is 3.27. The zero-order chi connectivity index (χ0) is 11.6. The van der Waals surface area contributed by atoms with Crippen LogP contribution in [0.3, 0.4) is 0 Å². The van der Waals surface area contributed by atoms with Crippen molar-refractivity contribution in [3.63, 3.8) is 0 Å². The van der Waals surface area contributed by atoms with E-state index in [2.05, 4.69) is 0 Å². The third-order valence-corrected chi connectivity index (χ3v) is 3.27. The van der Waals surface area contributed by atoms with Gasteiger partial charge in [0.2, 0.25) is 0 Å². The van der Waals surface area contributed by atoms with Gasteiger partial charge in [-0.2, -0.15) is 0 Å². The number of esters is 1. The van der Waals surface area contributed by atoms with Gasteiger partial charge in [-0.3, -0.25) is 4.79 Å². The molecule has 0 bridgehead atoms. The van der Waals surface area contributed by atoms with Gasteiger partial charge in [-0.05, 0) is 12.0 Å². The van der Waals surface area contributed by atoms with Crippen LogP contribution in [0.4, 0.5) is 0 Å². The fraction of sp³-hybridized carbons (Fsp3) is 0.462. The summed E-state index contributed by atoms with van der Waals surface area (Å²) in [6, 6.07) is 9.37. The highest BCUT2D eigenvalue weighted by atomic mass is 16.5. The molecule has 0 unspecified atom stereocenters. The number of hydrogen-bond acceptors (Lipinski definition) is 3. The molecule has 0 spiro atoms. The summed E-state index contributed by atoms with van der Waals surface area (Å²) in [4.78, 5) is 11.6. The fourth-order valence-electron chi connectivity index (χ4n) is 2.35. The summed E-state index contributed by atoms with van der Waals surface area (Å²) in [6.45, 7) is 2.19. The molecule has 0 amide bonds. The van der Waals surface area contributed by atoms with Gasteiger partial charge in [0.05, 0.1) is 12.5 Å². The molecule has 2 rings (SSSR count). The first-order valence-electron chi connectivity index (χ1n) is 5.63. The maximum absolute atomic E-state index is 11.6. The Morgan fingerprint density at radius 3 is 2.75 bits per heavy atom. The lowest BCUT2D eigenvalue weighted by atomic mass is 9.76. The van der Waals surface area contributed by atoms with E-state index in [1.54, 1.807) is 0 Å². The quantitative estimate of drug-likeness (QED) is 0.774. The number of aliphatic hydroxyl groups is 1. The number of carbonyl (C=O) groups is 1. The number of rotatable bonds is 2. The van der Waals surface area contributed by atoms with Crippen molar-refractivity contribution in [2.75, 3.05) is 6.61 Å². The summed E-state index contributed by atoms with van der Waals surface area (Å²) in [5, 5.41) is 10.7. The zero-order valence-electron chi connectivity index (χ0n) is 9.35. The van der Waals surface area contributed by atoms with Gasteiger partial charge in [0.1, 0.15) is 5.60 Å². The van der Waals surface area contributed by atoms with Crippen molar-refractivity contribution in [3.05, 3.63) is 35.9 Å². The topological polar surface area (TPSA) is 46.5 Å². The number of benzene rings is 1. The SMILES string of the molecule is CC[C@H]1C(=O)OCC[C@]1(O)c1ccccc1. The Balaban J connectivity index is 2.38. The van der Waals surface area contributed by atoms with E-state index >= 15 is 0 Å². The number of carbonyl (C=O) groups excluding carboxylic acids is 1. The molecule has 1 heterocycles. The second-order valence-corrected chi connectivity index (χ2v) is 4.17. The average molecular weight is 220 g/mol. The standard InChI is InChI=1S/C13H16O3/c1-2-11-12(14)16-9-8-13(11,15)10-6-4-3-5-7-10/h3-7,11,15H,2,8-9H2,1H3/t11-,13-/m0/s1. The smallest absolute Gasteiger partial charge is 0.312 e. The molecule has 1 aliphatic rings. The summed E-state index contributed by atoms with van der Waals surface area (Å²) in [5.74, 6) is -0.747. The third kappa shape index (κ3) is 1.71. The van der Waals surface area contributed by atoms with Crippen molar-refractivity contribution in [2.45, 2.75) is 25.4 Å². The molecular formula is C13H16O3. The van der Waals surface area contributed by atoms with Crippen molar-refractivity contribution in [3.8, 4) is 0 Å². The Labute approximate surface area is 95.0 Å². The summed E-state index contributed by atoms with van der Waals surface area (Å²) in [5.41, 5.74) is -0.260. The first-order valence-corrected chi connectivity index (χ1v) is 5.63. The van der Waals surface area contributed by atoms with Gasteiger partial charge in [-0.25, -0.2) is 0 Å². The normalized spacial score (nSPS) is 29.9. The Bertz CT molecular complexity index is 374. The average Bonchev–Trinajstić information content (AvgIpc) is 2.30. The molecule has 1 N–H and O–H groups in total. The maximum atomic E-state index is 11.6. The molecule has 3 nitrogen and oxygen atoms in total. The van der Waals surface area contributed by atoms with Gasteiger partial charge in [0.15, 0.2) is 0 Å². The molecule has 1 fully saturated rings. The van der Waals surface area contributed by atoms with Crippen LogP contribution in [-0.2, 0) is 15.1 Å². The summed E-state index contributed by atoms with van der Waals surface area (Å²) < 4.78 is 5.00. The van der Waals surface area contributed by atoms with Crippen molar-refractivity contribution in [1.82, 2.24) is 0 Å². The van der Waals surface area contributed by atoms with Crippen molar-refractivity contribution < 1.29 is 14.6 Å². The Hall–Kier alpha value is -1.35. The molecule has 86 valence electrons. The lowest BCUT2D eigenvalue weighted by Crippen LogP contribution is -2.45. The number of hydrogen-bond donors (Lipinski definition) is 1. The molecule has 0 saturated carbocycles. The zero-order valence-corrected chi connectivity index (χ0v) is 9.35. The van der Waals surface area contributed by atoms with Crippen LogP contribution in [0.1, 0.15) is 25.3 Å². The van der Waals surface area contributed by atoms with E-state index in [-0.39, 0.29) is 5.97 Å². The molecule has 16 heavy (non-hydrogen) atoms. The van der Waals surface area contributed by atoms with Crippen LogP contribution in [0.25, 0.3) is 0 Å². The maximum Gasteiger partial charge on any atom is 0.312 e. The van der Waals surface area contributed by atoms with E-state index in [0.29, 0.717) is 19.4 Å². The Morgan fingerprint density at radius 2 is 2.12 bits per heavy atom. The van der Waals surface area contributed by atoms with E-state index in [1.807, 2.05) is 37.3 Å². The molecule has 0 aromatic heterocycles. The molecule has 0 radical (unpaired) electrons. The number of cyclic esters (lactones) is 1. The molecule has 1 saturated heterocycles. The second-order valence-electron chi connectivity index (χ2n) is 4.17. The lowest BCUT2D eigenvalue weighted by molar-refractivity contribution is -0.175. The van der Waals surface area contributed by atoms with Crippen LogP contribution in [0.2, 0.25) is 0 Å². The van der Waals surface area contributed by atoms with Crippen LogP contribution >= 0.6 is 0 Å². The molecule has 0 aliphatic carbocycles. The monoisotopic (exact) mass is 220 g/mol. The van der Waals surface area contributed by atoms with Crippen molar-refractivity contribution in [2.24, 2.45) is 5.92 Å². The van der Waals surface area contributed by atoms with Gasteiger partial charge in [-0.15, -0.1) is 0 Å². The second kappa shape index (κ2) is 4.26. The van der Waals surface area contributed by atoms with E-state index in [4.69, 9.17) is 4.74 Å². The predicted octanol–water partition coefficient (Wildman–Crippen LogP) is 1.85. The number of ether oxygens (including phenoxy) is 1. The highest BCUT2D eigenvalue weighted by molar-refractivity contribution is 5.75. The van der Waals surface area contributed by atoms with Crippen LogP contribution in [-0.4, -0.2) is 17.7 Å². The van der Waals surface area contributed by atoms with E-state index < -0.39 is 11.5 Å². The van der Waals surface area contributed by atoms with Gasteiger partial charge in [-0.1, -0.05) is 37.3 Å².